The van der Waals surface area contributed by atoms with Crippen molar-refractivity contribution in [2.24, 2.45) is 11.7 Å². The second kappa shape index (κ2) is 8.45. The maximum absolute atomic E-state index is 11.7. The zero-order valence-corrected chi connectivity index (χ0v) is 11.7. The number of likely N-dealkylation sites (N-methyl/N-ethyl adjacent to an activating group) is 1. The quantitative estimate of drug-likeness (QED) is 0.683. The van der Waals surface area contributed by atoms with Crippen molar-refractivity contribution in [1.29, 1.82) is 0 Å². The van der Waals surface area contributed by atoms with Gasteiger partial charge in [0.1, 0.15) is 0 Å². The molecule has 5 heteroatoms. The zero-order valence-electron chi connectivity index (χ0n) is 11.7. The molecule has 1 amide bonds. The summed E-state index contributed by atoms with van der Waals surface area (Å²) in [5.74, 6) is 0.383. The molecule has 0 saturated carbocycles. The number of nitrogens with two attached hydrogens (primary N) is 1. The van der Waals surface area contributed by atoms with Gasteiger partial charge in [-0.3, -0.25) is 9.69 Å². The SMILES string of the molecule is CCC(CN)CC(=O)NCC1CN(CC)CCO1. The van der Waals surface area contributed by atoms with Crippen LogP contribution in [0.4, 0.5) is 0 Å². The summed E-state index contributed by atoms with van der Waals surface area (Å²) in [7, 11) is 0. The molecule has 1 aliphatic heterocycles. The lowest BCUT2D eigenvalue weighted by Crippen LogP contribution is -2.47. The highest BCUT2D eigenvalue weighted by Crippen LogP contribution is 2.06. The van der Waals surface area contributed by atoms with Gasteiger partial charge in [0.05, 0.1) is 12.7 Å². The van der Waals surface area contributed by atoms with Gasteiger partial charge in [-0.1, -0.05) is 20.3 Å². The summed E-state index contributed by atoms with van der Waals surface area (Å²) in [4.78, 5) is 14.1. The second-order valence-electron chi connectivity index (χ2n) is 4.90. The van der Waals surface area contributed by atoms with Crippen LogP contribution < -0.4 is 11.1 Å². The summed E-state index contributed by atoms with van der Waals surface area (Å²) in [5.41, 5.74) is 5.60. The lowest BCUT2D eigenvalue weighted by Gasteiger charge is -2.32. The number of carbonyl (C=O) groups is 1. The molecule has 2 unspecified atom stereocenters. The normalized spacial score (nSPS) is 22.7. The van der Waals surface area contributed by atoms with E-state index in [0.29, 0.717) is 25.4 Å². The Morgan fingerprint density at radius 1 is 1.56 bits per heavy atom. The zero-order chi connectivity index (χ0) is 13.4. The molecule has 2 atom stereocenters. The first kappa shape index (κ1) is 15.4. The van der Waals surface area contributed by atoms with E-state index in [1.54, 1.807) is 0 Å². The van der Waals surface area contributed by atoms with Crippen LogP contribution in [-0.2, 0) is 9.53 Å². The Kier molecular flexibility index (Phi) is 7.23. The third-order valence-electron chi connectivity index (χ3n) is 3.58. The van der Waals surface area contributed by atoms with Crippen LogP contribution in [-0.4, -0.2) is 56.2 Å². The summed E-state index contributed by atoms with van der Waals surface area (Å²) in [6.45, 7) is 9.09. The highest BCUT2D eigenvalue weighted by atomic mass is 16.5. The molecule has 1 saturated heterocycles. The molecule has 0 radical (unpaired) electrons. The standard InChI is InChI=1S/C13H27N3O2/c1-3-11(8-14)7-13(17)15-9-12-10-16(4-2)5-6-18-12/h11-12H,3-10,14H2,1-2H3,(H,15,17). The molecule has 0 aliphatic carbocycles. The molecular formula is C13H27N3O2. The summed E-state index contributed by atoms with van der Waals surface area (Å²) < 4.78 is 5.64. The molecule has 1 fully saturated rings. The van der Waals surface area contributed by atoms with Crippen molar-refractivity contribution in [3.63, 3.8) is 0 Å². The van der Waals surface area contributed by atoms with E-state index < -0.39 is 0 Å². The Hall–Kier alpha value is -0.650. The van der Waals surface area contributed by atoms with E-state index >= 15 is 0 Å². The number of hydrogen-bond donors (Lipinski definition) is 2. The molecular weight excluding hydrogens is 230 g/mol. The predicted octanol–water partition coefficient (Wildman–Crippen LogP) is 0.198. The minimum Gasteiger partial charge on any atom is -0.374 e. The Balaban J connectivity index is 2.21. The van der Waals surface area contributed by atoms with Crippen LogP contribution in [0.3, 0.4) is 0 Å². The van der Waals surface area contributed by atoms with Crippen LogP contribution >= 0.6 is 0 Å². The number of ether oxygens (including phenoxy) is 1. The third kappa shape index (κ3) is 5.33. The van der Waals surface area contributed by atoms with E-state index in [1.165, 1.54) is 0 Å². The maximum atomic E-state index is 11.7. The molecule has 3 N–H and O–H groups in total. The van der Waals surface area contributed by atoms with Crippen molar-refractivity contribution in [2.75, 3.05) is 39.3 Å². The first-order valence-electron chi connectivity index (χ1n) is 7.00. The van der Waals surface area contributed by atoms with Crippen LogP contribution in [0.2, 0.25) is 0 Å². The summed E-state index contributed by atoms with van der Waals surface area (Å²) in [6.07, 6.45) is 1.60. The van der Waals surface area contributed by atoms with Crippen LogP contribution in [0.1, 0.15) is 26.7 Å². The second-order valence-corrected chi connectivity index (χ2v) is 4.90. The van der Waals surface area contributed by atoms with Gasteiger partial charge < -0.3 is 15.8 Å². The Labute approximate surface area is 110 Å². The summed E-state index contributed by atoms with van der Waals surface area (Å²) >= 11 is 0. The van der Waals surface area contributed by atoms with Crippen molar-refractivity contribution in [1.82, 2.24) is 10.2 Å². The van der Waals surface area contributed by atoms with Gasteiger partial charge in [-0.15, -0.1) is 0 Å². The molecule has 0 spiro atoms. The summed E-state index contributed by atoms with van der Waals surface area (Å²) in [5, 5.41) is 2.95. The number of nitrogens with one attached hydrogen (secondary N) is 1. The van der Waals surface area contributed by atoms with E-state index in [2.05, 4.69) is 24.1 Å². The van der Waals surface area contributed by atoms with Crippen LogP contribution in [0.5, 0.6) is 0 Å². The number of rotatable bonds is 7. The third-order valence-corrected chi connectivity index (χ3v) is 3.58. The van der Waals surface area contributed by atoms with E-state index in [9.17, 15) is 4.79 Å². The van der Waals surface area contributed by atoms with Gasteiger partial charge in [0.2, 0.25) is 5.91 Å². The number of hydrogen-bond acceptors (Lipinski definition) is 4. The van der Waals surface area contributed by atoms with Gasteiger partial charge >= 0.3 is 0 Å². The Morgan fingerprint density at radius 2 is 2.33 bits per heavy atom. The largest absolute Gasteiger partial charge is 0.374 e. The van der Waals surface area contributed by atoms with Crippen LogP contribution in [0.25, 0.3) is 0 Å². The fraction of sp³-hybridized carbons (Fsp3) is 0.923. The van der Waals surface area contributed by atoms with Crippen molar-refractivity contribution in [2.45, 2.75) is 32.8 Å². The number of nitrogens with zero attached hydrogens (tertiary/aromatic N) is 1. The van der Waals surface area contributed by atoms with Gasteiger partial charge in [0, 0.05) is 26.1 Å². The average Bonchev–Trinajstić information content (AvgIpc) is 2.42. The first-order valence-corrected chi connectivity index (χ1v) is 7.00. The van der Waals surface area contributed by atoms with Gasteiger partial charge in [0.15, 0.2) is 0 Å². The van der Waals surface area contributed by atoms with Gasteiger partial charge in [-0.2, -0.15) is 0 Å². The van der Waals surface area contributed by atoms with Crippen molar-refractivity contribution in [3.05, 3.63) is 0 Å². The molecule has 0 aromatic rings. The van der Waals surface area contributed by atoms with Gasteiger partial charge in [0.25, 0.3) is 0 Å². The molecule has 106 valence electrons. The molecule has 1 aliphatic rings. The lowest BCUT2D eigenvalue weighted by molar-refractivity contribution is -0.123. The topological polar surface area (TPSA) is 67.6 Å². The highest BCUT2D eigenvalue weighted by Gasteiger charge is 2.20. The van der Waals surface area contributed by atoms with Crippen molar-refractivity contribution in [3.8, 4) is 0 Å². The van der Waals surface area contributed by atoms with Gasteiger partial charge in [-0.05, 0) is 19.0 Å². The van der Waals surface area contributed by atoms with Gasteiger partial charge in [-0.25, -0.2) is 0 Å². The van der Waals surface area contributed by atoms with E-state index in [-0.39, 0.29) is 12.0 Å². The minimum atomic E-state index is 0.0875. The first-order chi connectivity index (χ1) is 8.69. The molecule has 0 aromatic carbocycles. The number of amides is 1. The monoisotopic (exact) mass is 257 g/mol. The minimum absolute atomic E-state index is 0.0875. The molecule has 1 heterocycles. The highest BCUT2D eigenvalue weighted by molar-refractivity contribution is 5.76. The predicted molar refractivity (Wildman–Crippen MR) is 72.3 cm³/mol. The van der Waals surface area contributed by atoms with Crippen molar-refractivity contribution < 1.29 is 9.53 Å². The van der Waals surface area contributed by atoms with E-state index in [1.807, 2.05) is 0 Å². The number of morpholine rings is 1. The Bertz CT molecular complexity index is 244. The average molecular weight is 257 g/mol. The van der Waals surface area contributed by atoms with Crippen LogP contribution in [0.15, 0.2) is 0 Å². The Morgan fingerprint density at radius 3 is 2.94 bits per heavy atom. The summed E-state index contributed by atoms with van der Waals surface area (Å²) in [6, 6.07) is 0. The number of carbonyl (C=O) groups excluding carboxylic acids is 1. The van der Waals surface area contributed by atoms with Crippen LogP contribution in [0, 0.1) is 5.92 Å². The molecule has 18 heavy (non-hydrogen) atoms. The van der Waals surface area contributed by atoms with E-state index in [0.717, 1.165) is 32.7 Å². The lowest BCUT2D eigenvalue weighted by atomic mass is 10.0. The fourth-order valence-corrected chi connectivity index (χ4v) is 2.15. The van der Waals surface area contributed by atoms with Crippen molar-refractivity contribution >= 4 is 5.91 Å². The molecule has 0 aromatic heterocycles. The maximum Gasteiger partial charge on any atom is 0.220 e. The fourth-order valence-electron chi connectivity index (χ4n) is 2.15. The molecule has 1 rings (SSSR count). The molecule has 5 nitrogen and oxygen atoms in total. The van der Waals surface area contributed by atoms with E-state index in [4.69, 9.17) is 10.5 Å². The smallest absolute Gasteiger partial charge is 0.220 e. The molecule has 0 bridgehead atoms.